The molecule has 0 aromatic heterocycles. The highest BCUT2D eigenvalue weighted by atomic mass is 16.5. The van der Waals surface area contributed by atoms with Crippen LogP contribution in [0.2, 0.25) is 0 Å². The summed E-state index contributed by atoms with van der Waals surface area (Å²) in [5.41, 5.74) is 1.65. The van der Waals surface area contributed by atoms with E-state index in [2.05, 4.69) is 0 Å². The van der Waals surface area contributed by atoms with E-state index in [1.165, 1.54) is 0 Å². The second-order valence-electron chi connectivity index (χ2n) is 4.30. The molecular weight excluding hydrogens is 232 g/mol. The van der Waals surface area contributed by atoms with Crippen LogP contribution in [0.4, 0.5) is 0 Å². The molecule has 0 unspecified atom stereocenters. The first-order valence-corrected chi connectivity index (χ1v) is 6.08. The third kappa shape index (κ3) is 2.03. The molecule has 18 heavy (non-hydrogen) atoms. The molecule has 2 rings (SSSR count). The zero-order chi connectivity index (χ0) is 13.1. The van der Waals surface area contributed by atoms with Gasteiger partial charge in [-0.1, -0.05) is 0 Å². The molecule has 0 aliphatic heterocycles. The van der Waals surface area contributed by atoms with Gasteiger partial charge in [-0.3, -0.25) is 4.79 Å². The Balaban J connectivity index is 2.67. The second kappa shape index (κ2) is 5.29. The minimum atomic E-state index is 0.154. The fraction of sp³-hybridized carbons (Fsp3) is 0.500. The summed E-state index contributed by atoms with van der Waals surface area (Å²) < 4.78 is 16.0. The summed E-state index contributed by atoms with van der Waals surface area (Å²) in [4.78, 5) is 12.1. The van der Waals surface area contributed by atoms with E-state index in [9.17, 15) is 4.79 Å². The lowest BCUT2D eigenvalue weighted by Gasteiger charge is -2.17. The van der Waals surface area contributed by atoms with Crippen LogP contribution in [-0.4, -0.2) is 27.1 Å². The van der Waals surface area contributed by atoms with Crippen LogP contribution in [0, 0.1) is 0 Å². The normalized spacial score (nSPS) is 14.7. The van der Waals surface area contributed by atoms with Crippen LogP contribution in [0.1, 0.15) is 35.2 Å². The topological polar surface area (TPSA) is 44.8 Å². The van der Waals surface area contributed by atoms with Crippen molar-refractivity contribution >= 4 is 5.78 Å². The zero-order valence-electron chi connectivity index (χ0n) is 11.0. The van der Waals surface area contributed by atoms with Gasteiger partial charge in [-0.2, -0.15) is 0 Å². The molecule has 0 saturated carbocycles. The third-order valence-electron chi connectivity index (χ3n) is 3.31. The Labute approximate surface area is 107 Å². The van der Waals surface area contributed by atoms with Gasteiger partial charge in [0.25, 0.3) is 0 Å². The molecule has 0 bridgehead atoms. The number of Topliss-reactive ketones (excluding diaryl/α,β-unsaturated/α-hetero) is 1. The maximum atomic E-state index is 12.1. The van der Waals surface area contributed by atoms with E-state index < -0.39 is 0 Å². The zero-order valence-corrected chi connectivity index (χ0v) is 11.0. The number of carbonyl (C=O) groups excluding carboxylic acids is 1. The molecule has 0 saturated heterocycles. The summed E-state index contributed by atoms with van der Waals surface area (Å²) in [6.45, 7) is 0. The fourth-order valence-electron chi connectivity index (χ4n) is 2.43. The van der Waals surface area contributed by atoms with Gasteiger partial charge < -0.3 is 14.2 Å². The first kappa shape index (κ1) is 12.7. The van der Waals surface area contributed by atoms with E-state index in [1.807, 2.05) is 0 Å². The van der Waals surface area contributed by atoms with Gasteiger partial charge in [-0.15, -0.1) is 0 Å². The molecule has 0 amide bonds. The quantitative estimate of drug-likeness (QED) is 0.773. The number of fused-ring (bicyclic) bond motifs is 1. The fourth-order valence-corrected chi connectivity index (χ4v) is 2.43. The van der Waals surface area contributed by atoms with E-state index in [1.54, 1.807) is 27.4 Å². The lowest BCUT2D eigenvalue weighted by molar-refractivity contribution is 0.0981. The number of benzene rings is 1. The first-order chi connectivity index (χ1) is 8.72. The number of rotatable bonds is 3. The Bertz CT molecular complexity index is 465. The number of ketones is 1. The van der Waals surface area contributed by atoms with Crippen molar-refractivity contribution in [3.63, 3.8) is 0 Å². The van der Waals surface area contributed by atoms with Crippen LogP contribution in [0.5, 0.6) is 17.2 Å². The van der Waals surface area contributed by atoms with E-state index in [0.29, 0.717) is 29.2 Å². The van der Waals surface area contributed by atoms with Crippen LogP contribution < -0.4 is 14.2 Å². The first-order valence-electron chi connectivity index (χ1n) is 6.08. The van der Waals surface area contributed by atoms with E-state index in [0.717, 1.165) is 24.8 Å². The summed E-state index contributed by atoms with van der Waals surface area (Å²) in [5, 5.41) is 0. The van der Waals surface area contributed by atoms with Crippen molar-refractivity contribution in [1.82, 2.24) is 0 Å². The molecule has 0 N–H and O–H groups in total. The van der Waals surface area contributed by atoms with E-state index in [-0.39, 0.29) is 5.78 Å². The Morgan fingerprint density at radius 2 is 1.61 bits per heavy atom. The largest absolute Gasteiger partial charge is 0.493 e. The smallest absolute Gasteiger partial charge is 0.203 e. The molecule has 0 atom stereocenters. The van der Waals surface area contributed by atoms with Gasteiger partial charge in [-0.25, -0.2) is 0 Å². The molecule has 1 aliphatic rings. The monoisotopic (exact) mass is 250 g/mol. The summed E-state index contributed by atoms with van der Waals surface area (Å²) >= 11 is 0. The predicted molar refractivity (Wildman–Crippen MR) is 68.0 cm³/mol. The Hall–Kier alpha value is -1.71. The lowest BCUT2D eigenvalue weighted by atomic mass is 9.99. The molecule has 0 spiro atoms. The third-order valence-corrected chi connectivity index (χ3v) is 3.31. The number of hydrogen-bond acceptors (Lipinski definition) is 4. The van der Waals surface area contributed by atoms with Gasteiger partial charge in [0.2, 0.25) is 5.75 Å². The summed E-state index contributed by atoms with van der Waals surface area (Å²) in [5.74, 6) is 1.89. The van der Waals surface area contributed by atoms with Gasteiger partial charge in [0, 0.05) is 17.5 Å². The number of carbonyl (C=O) groups is 1. The number of methoxy groups -OCH3 is 3. The Kier molecular flexibility index (Phi) is 3.75. The van der Waals surface area contributed by atoms with Crippen molar-refractivity contribution in [1.29, 1.82) is 0 Å². The SMILES string of the molecule is COc1cc2c(c(OC)c1OC)CCCCC2=O. The molecule has 1 aliphatic carbocycles. The van der Waals surface area contributed by atoms with Crippen LogP contribution in [0.15, 0.2) is 6.07 Å². The van der Waals surface area contributed by atoms with Crippen molar-refractivity contribution in [3.8, 4) is 17.2 Å². The molecule has 1 aromatic carbocycles. The van der Waals surface area contributed by atoms with Crippen LogP contribution >= 0.6 is 0 Å². The summed E-state index contributed by atoms with van der Waals surface area (Å²) in [7, 11) is 4.73. The average molecular weight is 250 g/mol. The highest BCUT2D eigenvalue weighted by molar-refractivity contribution is 5.99. The molecule has 0 fully saturated rings. The highest BCUT2D eigenvalue weighted by Crippen LogP contribution is 2.43. The summed E-state index contributed by atoms with van der Waals surface area (Å²) in [6.07, 6.45) is 3.34. The standard InChI is InChI=1S/C14H18O4/c1-16-12-8-10-9(6-4-5-7-11(10)15)13(17-2)14(12)18-3/h8H,4-7H2,1-3H3. The minimum absolute atomic E-state index is 0.154. The molecular formula is C14H18O4. The van der Waals surface area contributed by atoms with Crippen LogP contribution in [0.25, 0.3) is 0 Å². The molecule has 4 nitrogen and oxygen atoms in total. The molecule has 4 heteroatoms. The lowest BCUT2D eigenvalue weighted by Crippen LogP contribution is -2.05. The summed E-state index contributed by atoms with van der Waals surface area (Å²) in [6, 6.07) is 1.77. The van der Waals surface area contributed by atoms with Crippen molar-refractivity contribution in [2.45, 2.75) is 25.7 Å². The van der Waals surface area contributed by atoms with Gasteiger partial charge in [0.05, 0.1) is 21.3 Å². The van der Waals surface area contributed by atoms with E-state index in [4.69, 9.17) is 14.2 Å². The number of hydrogen-bond donors (Lipinski definition) is 0. The van der Waals surface area contributed by atoms with Gasteiger partial charge >= 0.3 is 0 Å². The van der Waals surface area contributed by atoms with Gasteiger partial charge in [0.15, 0.2) is 17.3 Å². The Morgan fingerprint density at radius 3 is 2.22 bits per heavy atom. The average Bonchev–Trinajstić information content (AvgIpc) is 2.58. The van der Waals surface area contributed by atoms with Crippen molar-refractivity contribution in [2.24, 2.45) is 0 Å². The molecule has 98 valence electrons. The molecule has 1 aromatic rings. The maximum Gasteiger partial charge on any atom is 0.203 e. The van der Waals surface area contributed by atoms with Crippen molar-refractivity contribution < 1.29 is 19.0 Å². The predicted octanol–water partition coefficient (Wildman–Crippen LogP) is 2.62. The van der Waals surface area contributed by atoms with Crippen molar-refractivity contribution in [3.05, 3.63) is 17.2 Å². The minimum Gasteiger partial charge on any atom is -0.493 e. The van der Waals surface area contributed by atoms with E-state index >= 15 is 0 Å². The van der Waals surface area contributed by atoms with Gasteiger partial charge in [-0.05, 0) is 25.3 Å². The molecule has 0 heterocycles. The number of ether oxygens (including phenoxy) is 3. The van der Waals surface area contributed by atoms with Crippen LogP contribution in [-0.2, 0) is 6.42 Å². The maximum absolute atomic E-state index is 12.1. The Morgan fingerprint density at radius 1 is 0.944 bits per heavy atom. The van der Waals surface area contributed by atoms with Crippen molar-refractivity contribution in [2.75, 3.05) is 21.3 Å². The van der Waals surface area contributed by atoms with Gasteiger partial charge in [0.1, 0.15) is 0 Å². The molecule has 0 radical (unpaired) electrons. The van der Waals surface area contributed by atoms with Crippen LogP contribution in [0.3, 0.4) is 0 Å². The second-order valence-corrected chi connectivity index (χ2v) is 4.30. The highest BCUT2D eigenvalue weighted by Gasteiger charge is 2.25.